The van der Waals surface area contributed by atoms with Crippen molar-refractivity contribution in [2.45, 2.75) is 19.4 Å². The molecule has 1 aliphatic heterocycles. The Kier molecular flexibility index (Phi) is 2.76. The molecule has 1 fully saturated rings. The van der Waals surface area contributed by atoms with Gasteiger partial charge in [-0.2, -0.15) is 5.10 Å². The van der Waals surface area contributed by atoms with Gasteiger partial charge in [-0.15, -0.1) is 0 Å². The number of hydrogen-bond donors (Lipinski definition) is 3. The number of fused-ring (bicyclic) bond motifs is 1. The highest BCUT2D eigenvalue weighted by Crippen LogP contribution is 2.19. The molecule has 0 radical (unpaired) electrons. The standard InChI is InChI=1S/C13H16N4O/c1-8-4-5-14-12(8)13(18)16-10-2-3-11-9(6-10)7-15-17-11/h2-3,6-8,12,14H,4-5H2,1H3,(H,15,17)(H,16,18). The predicted octanol–water partition coefficient (Wildman–Crippen LogP) is 1.50. The van der Waals surface area contributed by atoms with Crippen LogP contribution in [0.5, 0.6) is 0 Å². The Morgan fingerprint density at radius 1 is 1.50 bits per heavy atom. The van der Waals surface area contributed by atoms with E-state index in [-0.39, 0.29) is 11.9 Å². The molecule has 1 aromatic heterocycles. The second-order valence-electron chi connectivity index (χ2n) is 4.86. The maximum atomic E-state index is 12.1. The summed E-state index contributed by atoms with van der Waals surface area (Å²) < 4.78 is 0. The van der Waals surface area contributed by atoms with Crippen LogP contribution >= 0.6 is 0 Å². The molecule has 2 atom stereocenters. The molecule has 18 heavy (non-hydrogen) atoms. The highest BCUT2D eigenvalue weighted by atomic mass is 16.2. The average molecular weight is 244 g/mol. The van der Waals surface area contributed by atoms with E-state index in [0.29, 0.717) is 5.92 Å². The average Bonchev–Trinajstić information content (AvgIpc) is 2.96. The van der Waals surface area contributed by atoms with Crippen LogP contribution in [0.25, 0.3) is 10.9 Å². The smallest absolute Gasteiger partial charge is 0.241 e. The zero-order chi connectivity index (χ0) is 12.5. The van der Waals surface area contributed by atoms with Gasteiger partial charge in [0.1, 0.15) is 0 Å². The molecule has 94 valence electrons. The quantitative estimate of drug-likeness (QED) is 0.749. The van der Waals surface area contributed by atoms with E-state index >= 15 is 0 Å². The van der Waals surface area contributed by atoms with Crippen LogP contribution in [0.1, 0.15) is 13.3 Å². The first-order valence-electron chi connectivity index (χ1n) is 6.21. The lowest BCUT2D eigenvalue weighted by Crippen LogP contribution is -2.39. The Morgan fingerprint density at radius 3 is 3.17 bits per heavy atom. The molecular weight excluding hydrogens is 228 g/mol. The van der Waals surface area contributed by atoms with Crippen LogP contribution in [-0.2, 0) is 4.79 Å². The molecule has 1 amide bonds. The summed E-state index contributed by atoms with van der Waals surface area (Å²) in [6.45, 7) is 3.02. The highest BCUT2D eigenvalue weighted by Gasteiger charge is 2.29. The Morgan fingerprint density at radius 2 is 2.39 bits per heavy atom. The van der Waals surface area contributed by atoms with Gasteiger partial charge in [0, 0.05) is 11.1 Å². The predicted molar refractivity (Wildman–Crippen MR) is 70.3 cm³/mol. The SMILES string of the molecule is CC1CCNC1C(=O)Nc1ccc2[nH]ncc2c1. The second kappa shape index (κ2) is 4.42. The Hall–Kier alpha value is -1.88. The van der Waals surface area contributed by atoms with Crippen molar-refractivity contribution in [3.63, 3.8) is 0 Å². The molecule has 1 saturated heterocycles. The van der Waals surface area contributed by atoms with E-state index in [1.54, 1.807) is 6.20 Å². The number of amides is 1. The van der Waals surface area contributed by atoms with Gasteiger partial charge in [0.15, 0.2) is 0 Å². The van der Waals surface area contributed by atoms with Crippen molar-refractivity contribution < 1.29 is 4.79 Å². The lowest BCUT2D eigenvalue weighted by molar-refractivity contribution is -0.118. The summed E-state index contributed by atoms with van der Waals surface area (Å²) in [5.74, 6) is 0.436. The van der Waals surface area contributed by atoms with Crippen LogP contribution in [-0.4, -0.2) is 28.7 Å². The molecule has 3 N–H and O–H groups in total. The number of anilines is 1. The highest BCUT2D eigenvalue weighted by molar-refractivity contribution is 5.97. The molecule has 0 spiro atoms. The first-order valence-corrected chi connectivity index (χ1v) is 6.21. The number of carbonyl (C=O) groups excluding carboxylic acids is 1. The van der Waals surface area contributed by atoms with Crippen molar-refractivity contribution in [3.05, 3.63) is 24.4 Å². The number of nitrogens with one attached hydrogen (secondary N) is 3. The molecule has 0 aliphatic carbocycles. The third-order valence-corrected chi connectivity index (χ3v) is 3.52. The van der Waals surface area contributed by atoms with E-state index in [0.717, 1.165) is 29.6 Å². The minimum absolute atomic E-state index is 0.0443. The maximum Gasteiger partial charge on any atom is 0.241 e. The maximum absolute atomic E-state index is 12.1. The summed E-state index contributed by atoms with van der Waals surface area (Å²) in [5, 5.41) is 14.0. The third kappa shape index (κ3) is 1.97. The fourth-order valence-corrected chi connectivity index (χ4v) is 2.43. The van der Waals surface area contributed by atoms with E-state index in [2.05, 4.69) is 27.8 Å². The summed E-state index contributed by atoms with van der Waals surface area (Å²) in [5.41, 5.74) is 1.79. The number of benzene rings is 1. The van der Waals surface area contributed by atoms with E-state index < -0.39 is 0 Å². The minimum atomic E-state index is -0.0787. The number of carbonyl (C=O) groups is 1. The van der Waals surface area contributed by atoms with Crippen LogP contribution in [0.15, 0.2) is 24.4 Å². The van der Waals surface area contributed by atoms with Crippen molar-refractivity contribution in [1.82, 2.24) is 15.5 Å². The summed E-state index contributed by atoms with van der Waals surface area (Å²) in [6.07, 6.45) is 2.81. The van der Waals surface area contributed by atoms with Gasteiger partial charge in [0.25, 0.3) is 0 Å². The Labute approximate surface area is 105 Å². The van der Waals surface area contributed by atoms with Gasteiger partial charge in [-0.25, -0.2) is 0 Å². The molecular formula is C13H16N4O. The molecule has 2 unspecified atom stereocenters. The largest absolute Gasteiger partial charge is 0.325 e. The van der Waals surface area contributed by atoms with Crippen LogP contribution in [0.4, 0.5) is 5.69 Å². The number of aromatic amines is 1. The third-order valence-electron chi connectivity index (χ3n) is 3.52. The van der Waals surface area contributed by atoms with E-state index in [1.165, 1.54) is 0 Å². The zero-order valence-electron chi connectivity index (χ0n) is 10.2. The molecule has 1 aliphatic rings. The number of H-pyrrole nitrogens is 1. The molecule has 2 aromatic rings. The van der Waals surface area contributed by atoms with E-state index in [4.69, 9.17) is 0 Å². The van der Waals surface area contributed by atoms with Crippen molar-refractivity contribution in [3.8, 4) is 0 Å². The molecule has 5 heteroatoms. The minimum Gasteiger partial charge on any atom is -0.325 e. The van der Waals surface area contributed by atoms with Gasteiger partial charge in [0.2, 0.25) is 5.91 Å². The van der Waals surface area contributed by atoms with Gasteiger partial charge in [-0.05, 0) is 37.1 Å². The molecule has 0 saturated carbocycles. The van der Waals surface area contributed by atoms with Gasteiger partial charge >= 0.3 is 0 Å². The van der Waals surface area contributed by atoms with Crippen molar-refractivity contribution in [2.24, 2.45) is 5.92 Å². The molecule has 1 aromatic carbocycles. The summed E-state index contributed by atoms with van der Waals surface area (Å²) >= 11 is 0. The van der Waals surface area contributed by atoms with E-state index in [9.17, 15) is 4.79 Å². The van der Waals surface area contributed by atoms with Crippen molar-refractivity contribution >= 4 is 22.5 Å². The Bertz CT molecular complexity index is 577. The Balaban J connectivity index is 1.77. The van der Waals surface area contributed by atoms with Crippen LogP contribution in [0, 0.1) is 5.92 Å². The lowest BCUT2D eigenvalue weighted by atomic mass is 10.0. The fraction of sp³-hybridized carbons (Fsp3) is 0.385. The first kappa shape index (κ1) is 11.2. The molecule has 5 nitrogen and oxygen atoms in total. The van der Waals surface area contributed by atoms with Gasteiger partial charge in [0.05, 0.1) is 17.8 Å². The summed E-state index contributed by atoms with van der Waals surface area (Å²) in [4.78, 5) is 12.1. The number of nitrogens with zero attached hydrogens (tertiary/aromatic N) is 1. The number of rotatable bonds is 2. The molecule has 0 bridgehead atoms. The second-order valence-corrected chi connectivity index (χ2v) is 4.86. The van der Waals surface area contributed by atoms with Gasteiger partial charge < -0.3 is 10.6 Å². The summed E-state index contributed by atoms with van der Waals surface area (Å²) in [6, 6.07) is 5.66. The van der Waals surface area contributed by atoms with Crippen LogP contribution < -0.4 is 10.6 Å². The van der Waals surface area contributed by atoms with Crippen molar-refractivity contribution in [1.29, 1.82) is 0 Å². The number of hydrogen-bond acceptors (Lipinski definition) is 3. The van der Waals surface area contributed by atoms with Crippen molar-refractivity contribution in [2.75, 3.05) is 11.9 Å². The first-order chi connectivity index (χ1) is 8.74. The topological polar surface area (TPSA) is 69.8 Å². The van der Waals surface area contributed by atoms with Crippen LogP contribution in [0.3, 0.4) is 0 Å². The summed E-state index contributed by atoms with van der Waals surface area (Å²) in [7, 11) is 0. The van der Waals surface area contributed by atoms with Gasteiger partial charge in [-0.1, -0.05) is 6.92 Å². The molecule has 3 rings (SSSR count). The van der Waals surface area contributed by atoms with E-state index in [1.807, 2.05) is 18.2 Å². The number of aromatic nitrogens is 2. The van der Waals surface area contributed by atoms with Gasteiger partial charge in [-0.3, -0.25) is 9.89 Å². The zero-order valence-corrected chi connectivity index (χ0v) is 10.2. The lowest BCUT2D eigenvalue weighted by Gasteiger charge is -2.15. The fourth-order valence-electron chi connectivity index (χ4n) is 2.43. The van der Waals surface area contributed by atoms with Crippen LogP contribution in [0.2, 0.25) is 0 Å². The molecule has 2 heterocycles. The normalized spacial score (nSPS) is 23.4. The monoisotopic (exact) mass is 244 g/mol.